The number of amides is 3. The van der Waals surface area contributed by atoms with Gasteiger partial charge in [-0.3, -0.25) is 24.0 Å². The number of aliphatic hydroxyl groups excluding tert-OH is 2. The van der Waals surface area contributed by atoms with Crippen LogP contribution in [0.3, 0.4) is 0 Å². The number of nitrogens with one attached hydrogen (secondary N) is 3. The molecule has 0 fully saturated rings. The Morgan fingerprint density at radius 3 is 1.66 bits per heavy atom. The van der Waals surface area contributed by atoms with E-state index in [1.807, 2.05) is 14.1 Å². The molecule has 19 nitrogen and oxygen atoms in total. The van der Waals surface area contributed by atoms with Crippen molar-refractivity contribution in [3.63, 3.8) is 0 Å². The van der Waals surface area contributed by atoms with Crippen LogP contribution in [-0.2, 0) is 62.0 Å². The first-order valence-corrected chi connectivity index (χ1v) is 22.0. The number of carbonyl (C=O) groups is 7. The molecule has 3 amide bonds. The van der Waals surface area contributed by atoms with Crippen LogP contribution >= 0.6 is 0 Å². The minimum Gasteiger partial charge on any atom is -0.463 e. The molecule has 0 saturated heterocycles. The quantitative estimate of drug-likeness (QED) is 0.0112. The van der Waals surface area contributed by atoms with Crippen molar-refractivity contribution in [2.45, 2.75) is 91.6 Å². The van der Waals surface area contributed by atoms with Crippen LogP contribution in [-0.4, -0.2) is 143 Å². The van der Waals surface area contributed by atoms with Gasteiger partial charge in [-0.2, -0.15) is 0 Å². The van der Waals surface area contributed by atoms with E-state index in [0.717, 1.165) is 69.9 Å². The lowest BCUT2D eigenvalue weighted by atomic mass is 10.2. The lowest BCUT2D eigenvalue weighted by Gasteiger charge is -2.09. The minimum absolute atomic E-state index is 0.0282. The Bertz CT molecular complexity index is 1410. The Hall–Kier alpha value is -5.99. The molecule has 0 saturated carbocycles. The fraction of sp³-hybridized carbons (Fsp3) is 0.531. The van der Waals surface area contributed by atoms with Crippen molar-refractivity contribution >= 4 is 41.6 Å². The number of rotatable bonds is 32. The van der Waals surface area contributed by atoms with Crippen LogP contribution in [0.5, 0.6) is 0 Å². The molecule has 0 aliphatic heterocycles. The average Bonchev–Trinajstić information content (AvgIpc) is 3.31. The SMILES string of the molecule is C/C=C/C(=O)OCCCC.C=C(C)C(=O)NCCCN(C)C.C=CC(=O)NCCO.C=CC(=O)NCOCCCC.C=CCOCC(O)COC(=O)C=C.C=COC(=O)CCCCC(=O)OC=C. The third-order valence-corrected chi connectivity index (χ3v) is 6.84. The van der Waals surface area contributed by atoms with Gasteiger partial charge in [0.05, 0.1) is 39.0 Å². The summed E-state index contributed by atoms with van der Waals surface area (Å²) >= 11 is 0. The van der Waals surface area contributed by atoms with Crippen molar-refractivity contribution in [2.75, 3.05) is 80.1 Å². The molecule has 0 rings (SSSR count). The summed E-state index contributed by atoms with van der Waals surface area (Å²) in [5.74, 6) is -1.96. The van der Waals surface area contributed by atoms with E-state index in [4.69, 9.17) is 24.4 Å². The smallest absolute Gasteiger partial charge is 0.330 e. The fourth-order valence-corrected chi connectivity index (χ4v) is 3.43. The monoisotopic (exact) mass is 969 g/mol. The number of carbonyl (C=O) groups excluding carboxylic acids is 7. The first-order chi connectivity index (χ1) is 32.4. The van der Waals surface area contributed by atoms with E-state index in [-0.39, 0.29) is 75.0 Å². The van der Waals surface area contributed by atoms with Crippen LogP contribution in [0, 0.1) is 0 Å². The van der Waals surface area contributed by atoms with Crippen molar-refractivity contribution in [1.29, 1.82) is 0 Å². The van der Waals surface area contributed by atoms with Gasteiger partial charge in [0.15, 0.2) is 0 Å². The summed E-state index contributed by atoms with van der Waals surface area (Å²) in [5.41, 5.74) is 0.569. The highest BCUT2D eigenvalue weighted by molar-refractivity contribution is 5.92. The largest absolute Gasteiger partial charge is 0.463 e. The van der Waals surface area contributed by atoms with E-state index in [2.05, 4.69) is 95.0 Å². The summed E-state index contributed by atoms with van der Waals surface area (Å²) in [6.45, 7) is 34.8. The summed E-state index contributed by atoms with van der Waals surface area (Å²) in [6, 6.07) is 0. The molecule has 0 radical (unpaired) electrons. The molecule has 19 heteroatoms. The molecule has 1 atom stereocenters. The number of unbranched alkanes of at least 4 members (excludes halogenated alkanes) is 3. The molecule has 1 unspecified atom stereocenters. The van der Waals surface area contributed by atoms with Gasteiger partial charge in [-0.25, -0.2) is 9.59 Å². The van der Waals surface area contributed by atoms with Gasteiger partial charge in [0, 0.05) is 50.3 Å². The van der Waals surface area contributed by atoms with E-state index in [1.54, 1.807) is 26.0 Å². The Morgan fingerprint density at radius 2 is 1.22 bits per heavy atom. The number of allylic oxidation sites excluding steroid dienone is 1. The molecule has 0 aliphatic carbocycles. The molecule has 0 aliphatic rings. The summed E-state index contributed by atoms with van der Waals surface area (Å²) < 4.78 is 28.3. The lowest BCUT2D eigenvalue weighted by Crippen LogP contribution is -2.27. The molecule has 390 valence electrons. The highest BCUT2D eigenvalue weighted by atomic mass is 16.6. The van der Waals surface area contributed by atoms with E-state index in [9.17, 15) is 33.6 Å². The Labute approximate surface area is 406 Å². The normalized spacial score (nSPS) is 9.78. The maximum absolute atomic E-state index is 11.0. The predicted octanol–water partition coefficient (Wildman–Crippen LogP) is 5.08. The highest BCUT2D eigenvalue weighted by Gasteiger charge is 2.06. The average molecular weight is 969 g/mol. The van der Waals surface area contributed by atoms with Gasteiger partial charge in [0.1, 0.15) is 19.4 Å². The van der Waals surface area contributed by atoms with Gasteiger partial charge in [-0.1, -0.05) is 78.3 Å². The number of hydrogen-bond donors (Lipinski definition) is 5. The zero-order chi connectivity index (χ0) is 53.2. The molecular weight excluding hydrogens is 885 g/mol. The number of ether oxygens (including phenoxy) is 6. The molecule has 5 N–H and O–H groups in total. The lowest BCUT2D eigenvalue weighted by molar-refractivity contribution is -0.142. The molecule has 0 aromatic heterocycles. The van der Waals surface area contributed by atoms with Gasteiger partial charge >= 0.3 is 23.9 Å². The zero-order valence-electron chi connectivity index (χ0n) is 41.7. The highest BCUT2D eigenvalue weighted by Crippen LogP contribution is 2.03. The third kappa shape index (κ3) is 74.4. The molecule has 0 heterocycles. The fourth-order valence-electron chi connectivity index (χ4n) is 3.43. The van der Waals surface area contributed by atoms with E-state index in [0.29, 0.717) is 44.8 Å². The van der Waals surface area contributed by atoms with Crippen LogP contribution < -0.4 is 16.0 Å². The van der Waals surface area contributed by atoms with Crippen molar-refractivity contribution in [1.82, 2.24) is 20.9 Å². The molecule has 68 heavy (non-hydrogen) atoms. The summed E-state index contributed by atoms with van der Waals surface area (Å²) in [7, 11) is 4.03. The summed E-state index contributed by atoms with van der Waals surface area (Å²) in [4.78, 5) is 76.5. The van der Waals surface area contributed by atoms with Gasteiger partial charge in [0.2, 0.25) is 17.7 Å². The topological polar surface area (TPSA) is 255 Å². The van der Waals surface area contributed by atoms with Crippen LogP contribution in [0.2, 0.25) is 0 Å². The molecule has 0 spiro atoms. The standard InChI is InChI=1S/C10H14O4.C9H18N2O.C9H14O4.C8H15NO2.C8H14O2.C5H9NO2/c1-3-13-9(11)7-5-6-8-10(12)14-4-2;1-8(2)9(12)10-6-5-7-11(3)4;1-3-5-12-6-8(10)7-13-9(11)4-2;1-3-5-6-11-7-9-8(10)4-2;1-3-5-7-10-8(9)6-4-2;1-2-5(8)6-3-4-7/h3-4H,1-2,5-8H2;1,5-7H2,2-4H3,(H,10,12);3-4,8,10H,1-2,5-7H2;4H,2-3,5-7H2,1H3,(H,9,10);4,6H,3,5,7H2,1-2H3;2,7H,1,3-4H2,(H,6,8)/b;;;;6-4+;. The molecular formula is C49H84N4O15. The van der Waals surface area contributed by atoms with Crippen molar-refractivity contribution in [3.05, 3.63) is 101 Å². The van der Waals surface area contributed by atoms with Gasteiger partial charge < -0.3 is 59.5 Å². The second-order valence-corrected chi connectivity index (χ2v) is 13.4. The zero-order valence-corrected chi connectivity index (χ0v) is 41.7. The number of aliphatic hydroxyl groups is 2. The summed E-state index contributed by atoms with van der Waals surface area (Å²) in [6.07, 6.45) is 16.4. The maximum Gasteiger partial charge on any atom is 0.330 e. The number of nitrogens with zero attached hydrogens (tertiary/aromatic N) is 1. The van der Waals surface area contributed by atoms with Crippen LogP contribution in [0.25, 0.3) is 0 Å². The molecule has 0 bridgehead atoms. The second-order valence-electron chi connectivity index (χ2n) is 13.4. The van der Waals surface area contributed by atoms with Gasteiger partial charge in [-0.15, -0.1) is 6.58 Å². The van der Waals surface area contributed by atoms with Crippen molar-refractivity contribution in [3.8, 4) is 0 Å². The second kappa shape index (κ2) is 61.0. The first kappa shape index (κ1) is 73.6. The van der Waals surface area contributed by atoms with E-state index in [1.165, 1.54) is 12.2 Å². The van der Waals surface area contributed by atoms with Gasteiger partial charge in [0.25, 0.3) is 0 Å². The predicted molar refractivity (Wildman–Crippen MR) is 265 cm³/mol. The summed E-state index contributed by atoms with van der Waals surface area (Å²) in [5, 5.41) is 25.0. The van der Waals surface area contributed by atoms with Gasteiger partial charge in [-0.05, 0) is 78.7 Å². The molecule has 0 aromatic carbocycles. The van der Waals surface area contributed by atoms with E-state index < -0.39 is 12.1 Å². The Kier molecular flexibility index (Phi) is 66.0. The van der Waals surface area contributed by atoms with Crippen LogP contribution in [0.1, 0.15) is 85.5 Å². The number of hydrogen-bond acceptors (Lipinski definition) is 16. The third-order valence-electron chi connectivity index (χ3n) is 6.84. The minimum atomic E-state index is -0.802. The number of esters is 4. The first-order valence-electron chi connectivity index (χ1n) is 22.0. The Morgan fingerprint density at radius 1 is 0.676 bits per heavy atom. The Balaban J connectivity index is -0.000000171. The van der Waals surface area contributed by atoms with Crippen molar-refractivity contribution < 1.29 is 72.2 Å². The van der Waals surface area contributed by atoms with E-state index >= 15 is 0 Å². The van der Waals surface area contributed by atoms with Crippen molar-refractivity contribution in [2.24, 2.45) is 0 Å². The van der Waals surface area contributed by atoms with Crippen LogP contribution in [0.4, 0.5) is 0 Å². The molecule has 0 aromatic rings. The maximum atomic E-state index is 11.0. The van der Waals surface area contributed by atoms with Crippen LogP contribution in [0.15, 0.2) is 101 Å².